The minimum Gasteiger partial charge on any atom is -0.426 e. The molecule has 6 aromatic heterocycles. The average Bonchev–Trinajstić information content (AvgIpc) is 3.86. The molecule has 0 saturated heterocycles. The van der Waals surface area contributed by atoms with Crippen molar-refractivity contribution in [2.24, 2.45) is 0 Å². The molecular weight excluding hydrogens is 626 g/mol. The lowest BCUT2D eigenvalue weighted by Gasteiger charge is -1.82. The van der Waals surface area contributed by atoms with Gasteiger partial charge in [-0.2, -0.15) is 9.97 Å². The average molecular weight is 666 g/mol. The van der Waals surface area contributed by atoms with Crippen LogP contribution in [0, 0.1) is 62.3 Å². The first-order valence-corrected chi connectivity index (χ1v) is 14.7. The number of hydrogen-bond donors (Lipinski definition) is 3. The Morgan fingerprint density at radius 3 is 1.18 bits per heavy atom. The third kappa shape index (κ3) is 17.7. The standard InChI is InChI=1S/2C4H7N3O.C4H7N3S.2C4H6N2O.C4H6N2S/c1-3-6-7-4(5-2)8-3;1-3-6-4(5-2)7-8-3;1-3-6-7-4(5-2)8-3;1-3-5-6-4(2)7-3;1-3-5-4(2)7-6-3;1-3-5-6-4(2)7-3/h3*1-2H3,(H,5,7);3*1-2H3. The molecule has 0 unspecified atom stereocenters. The summed E-state index contributed by atoms with van der Waals surface area (Å²) in [6.07, 6.45) is 0. The molecule has 0 saturated carbocycles. The zero-order chi connectivity index (χ0) is 33.8. The van der Waals surface area contributed by atoms with Crippen LogP contribution in [0.1, 0.15) is 50.3 Å². The van der Waals surface area contributed by atoms with Crippen LogP contribution in [0.2, 0.25) is 0 Å². The Labute approximate surface area is 268 Å². The van der Waals surface area contributed by atoms with Crippen molar-refractivity contribution >= 4 is 39.8 Å². The van der Waals surface area contributed by atoms with Gasteiger partial charge in [0.1, 0.15) is 15.0 Å². The maximum Gasteiger partial charge on any atom is 0.315 e. The molecule has 246 valence electrons. The van der Waals surface area contributed by atoms with E-state index in [0.717, 1.165) is 20.2 Å². The maximum atomic E-state index is 4.90. The normalized spacial score (nSPS) is 9.33. The molecule has 0 bridgehead atoms. The van der Waals surface area contributed by atoms with Crippen LogP contribution in [0.5, 0.6) is 0 Å². The summed E-state index contributed by atoms with van der Waals surface area (Å²) in [5, 5.41) is 48.9. The first kappa shape index (κ1) is 38.1. The van der Waals surface area contributed by atoms with Gasteiger partial charge in [-0.3, -0.25) is 0 Å². The summed E-state index contributed by atoms with van der Waals surface area (Å²) in [6, 6.07) is 0.461. The van der Waals surface area contributed by atoms with Crippen molar-refractivity contribution < 1.29 is 17.9 Å². The van der Waals surface area contributed by atoms with Gasteiger partial charge in [-0.1, -0.05) is 21.6 Å². The van der Waals surface area contributed by atoms with E-state index in [1.54, 1.807) is 78.3 Å². The molecule has 45 heavy (non-hydrogen) atoms. The number of anilines is 3. The minimum absolute atomic E-state index is 0.461. The molecule has 0 aliphatic carbocycles. The fraction of sp³-hybridized carbons (Fsp3) is 0.500. The monoisotopic (exact) mass is 665 g/mol. The van der Waals surface area contributed by atoms with Crippen LogP contribution in [0.3, 0.4) is 0 Å². The molecule has 19 nitrogen and oxygen atoms in total. The van der Waals surface area contributed by atoms with Gasteiger partial charge in [0.05, 0.1) is 0 Å². The summed E-state index contributed by atoms with van der Waals surface area (Å²) < 4.78 is 19.0. The fourth-order valence-corrected chi connectivity index (χ4v) is 3.52. The Balaban J connectivity index is 0.000000270. The van der Waals surface area contributed by atoms with Crippen LogP contribution in [0.25, 0.3) is 0 Å². The van der Waals surface area contributed by atoms with Gasteiger partial charge < -0.3 is 33.8 Å². The second kappa shape index (κ2) is 20.9. The van der Waals surface area contributed by atoms with Crippen LogP contribution >= 0.6 is 22.7 Å². The second-order valence-corrected chi connectivity index (χ2v) is 10.7. The van der Waals surface area contributed by atoms with Crippen molar-refractivity contribution in [1.29, 1.82) is 0 Å². The van der Waals surface area contributed by atoms with Crippen LogP contribution < -0.4 is 16.0 Å². The van der Waals surface area contributed by atoms with Crippen molar-refractivity contribution in [3.63, 3.8) is 0 Å². The Hall–Kier alpha value is -4.92. The molecule has 0 spiro atoms. The Morgan fingerprint density at radius 2 is 0.978 bits per heavy atom. The van der Waals surface area contributed by atoms with E-state index >= 15 is 0 Å². The number of nitrogens with zero attached hydrogens (tertiary/aromatic N) is 12. The molecule has 0 fully saturated rings. The van der Waals surface area contributed by atoms with Gasteiger partial charge >= 0.3 is 6.01 Å². The van der Waals surface area contributed by atoms with E-state index in [0.29, 0.717) is 47.2 Å². The summed E-state index contributed by atoms with van der Waals surface area (Å²) in [7, 11) is 5.30. The minimum atomic E-state index is 0.461. The lowest BCUT2D eigenvalue weighted by atomic mass is 10.7. The van der Waals surface area contributed by atoms with Crippen molar-refractivity contribution in [3.05, 3.63) is 50.3 Å². The fourth-order valence-electron chi connectivity index (χ4n) is 2.39. The van der Waals surface area contributed by atoms with Crippen molar-refractivity contribution in [2.75, 3.05) is 37.1 Å². The Kier molecular flexibility index (Phi) is 17.7. The Morgan fingerprint density at radius 1 is 0.467 bits per heavy atom. The highest BCUT2D eigenvalue weighted by Gasteiger charge is 1.96. The van der Waals surface area contributed by atoms with Gasteiger partial charge in [0.2, 0.25) is 34.6 Å². The molecule has 0 atom stereocenters. The van der Waals surface area contributed by atoms with Crippen molar-refractivity contribution in [3.8, 4) is 0 Å². The molecule has 0 radical (unpaired) electrons. The predicted molar refractivity (Wildman–Crippen MR) is 168 cm³/mol. The molecule has 0 aliphatic rings. The summed E-state index contributed by atoms with van der Waals surface area (Å²) in [5.74, 6) is 4.25. The van der Waals surface area contributed by atoms with Crippen LogP contribution in [-0.2, 0) is 0 Å². The first-order chi connectivity index (χ1) is 21.3. The highest BCUT2D eigenvalue weighted by molar-refractivity contribution is 7.15. The van der Waals surface area contributed by atoms with E-state index in [4.69, 9.17) is 8.83 Å². The topological polar surface area (TPSA) is 243 Å². The SMILES string of the molecule is CNc1nnc(C)o1.CNc1nnc(C)s1.CNc1noc(C)n1.Cc1nnc(C)o1.Cc1nnc(C)s1.Cc1noc(C)n1. The molecule has 0 aliphatic heterocycles. The summed E-state index contributed by atoms with van der Waals surface area (Å²) >= 11 is 3.17. The van der Waals surface area contributed by atoms with Crippen LogP contribution in [0.4, 0.5) is 17.1 Å². The predicted octanol–water partition coefficient (Wildman–Crippen LogP) is 4.26. The second-order valence-electron chi connectivity index (χ2n) is 8.18. The van der Waals surface area contributed by atoms with E-state index in [2.05, 4.69) is 86.1 Å². The smallest absolute Gasteiger partial charge is 0.315 e. The van der Waals surface area contributed by atoms with E-state index in [-0.39, 0.29) is 0 Å². The maximum absolute atomic E-state index is 4.90. The zero-order valence-corrected chi connectivity index (χ0v) is 28.9. The highest BCUT2D eigenvalue weighted by atomic mass is 32.1. The highest BCUT2D eigenvalue weighted by Crippen LogP contribution is 2.11. The quantitative estimate of drug-likeness (QED) is 0.239. The van der Waals surface area contributed by atoms with E-state index in [1.807, 2.05) is 27.8 Å². The molecule has 21 heteroatoms. The van der Waals surface area contributed by atoms with E-state index in [9.17, 15) is 0 Å². The lowest BCUT2D eigenvalue weighted by molar-refractivity contribution is 0.389. The van der Waals surface area contributed by atoms with Crippen molar-refractivity contribution in [2.45, 2.75) is 62.3 Å². The summed E-state index contributed by atoms with van der Waals surface area (Å²) in [4.78, 5) is 7.67. The third-order valence-corrected chi connectivity index (χ3v) is 5.72. The van der Waals surface area contributed by atoms with Gasteiger partial charge in [-0.15, -0.1) is 47.0 Å². The number of nitrogens with one attached hydrogen (secondary N) is 3. The largest absolute Gasteiger partial charge is 0.426 e. The number of rotatable bonds is 3. The lowest BCUT2D eigenvalue weighted by Crippen LogP contribution is -1.88. The van der Waals surface area contributed by atoms with Gasteiger partial charge in [0, 0.05) is 55.8 Å². The van der Waals surface area contributed by atoms with Gasteiger partial charge in [0.15, 0.2) is 5.82 Å². The van der Waals surface area contributed by atoms with Gasteiger partial charge in [0.25, 0.3) is 5.95 Å². The molecule has 6 aromatic rings. The van der Waals surface area contributed by atoms with Crippen LogP contribution in [0.15, 0.2) is 17.9 Å². The number of hydrogen-bond acceptors (Lipinski definition) is 21. The van der Waals surface area contributed by atoms with Gasteiger partial charge in [-0.05, 0) is 32.9 Å². The molecule has 0 amide bonds. The van der Waals surface area contributed by atoms with E-state index < -0.39 is 0 Å². The third-order valence-electron chi connectivity index (χ3n) is 4.11. The molecular formula is C24H39N15O4S2. The number of aromatic nitrogens is 12. The van der Waals surface area contributed by atoms with E-state index in [1.165, 1.54) is 0 Å². The summed E-state index contributed by atoms with van der Waals surface area (Å²) in [6.45, 7) is 16.4. The molecule has 0 aromatic carbocycles. The van der Waals surface area contributed by atoms with Crippen molar-refractivity contribution in [1.82, 2.24) is 61.1 Å². The van der Waals surface area contributed by atoms with Gasteiger partial charge in [-0.25, -0.2) is 0 Å². The molecule has 6 heterocycles. The summed E-state index contributed by atoms with van der Waals surface area (Å²) in [5.41, 5.74) is 0. The molecule has 3 N–H and O–H groups in total. The first-order valence-electron chi connectivity index (χ1n) is 13.1. The zero-order valence-electron chi connectivity index (χ0n) is 27.3. The molecule has 6 rings (SSSR count). The number of aryl methyl sites for hydroxylation is 9. The Bertz CT molecular complexity index is 1370. The van der Waals surface area contributed by atoms with Crippen LogP contribution in [-0.4, -0.2) is 82.2 Å².